The van der Waals surface area contributed by atoms with Crippen LogP contribution in [0.1, 0.15) is 27.2 Å². The average molecular weight is 200 g/mol. The summed E-state index contributed by atoms with van der Waals surface area (Å²) in [6.07, 6.45) is 0.776. The van der Waals surface area contributed by atoms with Gasteiger partial charge in [0.25, 0.3) is 0 Å². The average Bonchev–Trinajstić information content (AvgIpc) is 2.49. The molecule has 1 rings (SSSR count). The summed E-state index contributed by atoms with van der Waals surface area (Å²) in [4.78, 5) is 11.9. The van der Waals surface area contributed by atoms with Crippen molar-refractivity contribution in [2.45, 2.75) is 32.8 Å². The molecule has 0 bridgehead atoms. The molecule has 1 atom stereocenters. The Kier molecular flexibility index (Phi) is 3.17. The van der Waals surface area contributed by atoms with Crippen molar-refractivity contribution in [3.05, 3.63) is 0 Å². The number of esters is 1. The minimum Gasteiger partial charge on any atom is -0.459 e. The van der Waals surface area contributed by atoms with Crippen LogP contribution in [-0.2, 0) is 9.53 Å². The highest BCUT2D eigenvalue weighted by molar-refractivity contribution is 5.78. The van der Waals surface area contributed by atoms with Crippen molar-refractivity contribution in [1.29, 1.82) is 0 Å². The molecule has 1 aliphatic rings. The van der Waals surface area contributed by atoms with E-state index in [0.717, 1.165) is 13.0 Å². The zero-order valence-electron chi connectivity index (χ0n) is 9.22. The Morgan fingerprint density at radius 2 is 2.21 bits per heavy atom. The number of carbonyl (C=O) groups excluding carboxylic acids is 1. The summed E-state index contributed by atoms with van der Waals surface area (Å²) in [7, 11) is 0. The van der Waals surface area contributed by atoms with Crippen molar-refractivity contribution in [2.24, 2.45) is 11.1 Å². The van der Waals surface area contributed by atoms with Gasteiger partial charge >= 0.3 is 5.97 Å². The van der Waals surface area contributed by atoms with E-state index in [9.17, 15) is 4.79 Å². The van der Waals surface area contributed by atoms with Gasteiger partial charge in [-0.3, -0.25) is 4.79 Å². The molecule has 0 aromatic rings. The van der Waals surface area contributed by atoms with Crippen molar-refractivity contribution >= 4 is 5.97 Å². The lowest BCUT2D eigenvalue weighted by Crippen LogP contribution is -2.44. The molecule has 3 N–H and O–H groups in total. The smallest absolute Gasteiger partial charge is 0.315 e. The maximum absolute atomic E-state index is 11.9. The Morgan fingerprint density at radius 3 is 2.57 bits per heavy atom. The van der Waals surface area contributed by atoms with Crippen molar-refractivity contribution in [2.75, 3.05) is 19.6 Å². The minimum atomic E-state index is -0.493. The number of nitrogens with two attached hydrogens (primary N) is 1. The lowest BCUT2D eigenvalue weighted by Gasteiger charge is -2.29. The van der Waals surface area contributed by atoms with Crippen molar-refractivity contribution in [3.63, 3.8) is 0 Å². The third-order valence-corrected chi connectivity index (χ3v) is 2.47. The van der Waals surface area contributed by atoms with Gasteiger partial charge in [0.1, 0.15) is 5.60 Å². The lowest BCUT2D eigenvalue weighted by molar-refractivity contribution is -0.165. The second-order valence-electron chi connectivity index (χ2n) is 4.91. The van der Waals surface area contributed by atoms with E-state index in [2.05, 4.69) is 5.32 Å². The van der Waals surface area contributed by atoms with E-state index >= 15 is 0 Å². The normalized spacial score (nSPS) is 27.7. The molecular weight excluding hydrogens is 180 g/mol. The van der Waals surface area contributed by atoms with E-state index in [-0.39, 0.29) is 5.97 Å². The third-order valence-electron chi connectivity index (χ3n) is 2.47. The van der Waals surface area contributed by atoms with Gasteiger partial charge in [0.2, 0.25) is 0 Å². The molecule has 0 aromatic heterocycles. The van der Waals surface area contributed by atoms with Crippen LogP contribution in [0.3, 0.4) is 0 Å². The standard InChI is InChI=1S/C10H20N2O2/c1-9(2,3)14-8(13)10(6-11)4-5-12-7-10/h12H,4-7,11H2,1-3H3. The van der Waals surface area contributed by atoms with Gasteiger partial charge in [0.15, 0.2) is 0 Å². The van der Waals surface area contributed by atoms with Crippen LogP contribution in [0, 0.1) is 5.41 Å². The molecule has 0 spiro atoms. The molecule has 4 nitrogen and oxygen atoms in total. The summed E-state index contributed by atoms with van der Waals surface area (Å²) in [5.74, 6) is -0.169. The predicted octanol–water partition coefficient (Wildman–Crippen LogP) is 0.267. The number of ether oxygens (including phenoxy) is 1. The van der Waals surface area contributed by atoms with Gasteiger partial charge < -0.3 is 15.8 Å². The molecule has 1 heterocycles. The third kappa shape index (κ3) is 2.45. The van der Waals surface area contributed by atoms with Crippen LogP contribution < -0.4 is 11.1 Å². The fourth-order valence-corrected chi connectivity index (χ4v) is 1.56. The molecular formula is C10H20N2O2. The number of nitrogens with one attached hydrogen (secondary N) is 1. The molecule has 0 saturated carbocycles. The largest absolute Gasteiger partial charge is 0.459 e. The summed E-state index contributed by atoms with van der Waals surface area (Å²) >= 11 is 0. The van der Waals surface area contributed by atoms with Gasteiger partial charge in [0.05, 0.1) is 5.41 Å². The van der Waals surface area contributed by atoms with E-state index in [0.29, 0.717) is 13.1 Å². The van der Waals surface area contributed by atoms with Crippen LogP contribution in [0.4, 0.5) is 0 Å². The first-order chi connectivity index (χ1) is 6.40. The number of rotatable bonds is 2. The van der Waals surface area contributed by atoms with Crippen molar-refractivity contribution in [1.82, 2.24) is 5.32 Å². The molecule has 1 saturated heterocycles. The number of hydrogen-bond donors (Lipinski definition) is 2. The van der Waals surface area contributed by atoms with E-state index in [1.807, 2.05) is 20.8 Å². The van der Waals surface area contributed by atoms with Crippen molar-refractivity contribution in [3.8, 4) is 0 Å². The Bertz CT molecular complexity index is 215. The fraction of sp³-hybridized carbons (Fsp3) is 0.900. The number of hydrogen-bond acceptors (Lipinski definition) is 4. The highest BCUT2D eigenvalue weighted by Crippen LogP contribution is 2.27. The van der Waals surface area contributed by atoms with Gasteiger partial charge in [-0.15, -0.1) is 0 Å². The summed E-state index contributed by atoms with van der Waals surface area (Å²) in [5, 5.41) is 3.15. The monoisotopic (exact) mass is 200 g/mol. The van der Waals surface area contributed by atoms with E-state index in [4.69, 9.17) is 10.5 Å². The molecule has 14 heavy (non-hydrogen) atoms. The molecule has 1 unspecified atom stereocenters. The van der Waals surface area contributed by atoms with Crippen LogP contribution in [0.2, 0.25) is 0 Å². The first-order valence-electron chi connectivity index (χ1n) is 5.04. The Labute approximate surface area is 85.2 Å². The summed E-state index contributed by atoms with van der Waals surface area (Å²) in [5.41, 5.74) is 4.73. The zero-order valence-corrected chi connectivity index (χ0v) is 9.22. The molecule has 0 aromatic carbocycles. The number of carbonyl (C=O) groups is 1. The van der Waals surface area contributed by atoms with Crippen molar-refractivity contribution < 1.29 is 9.53 Å². The minimum absolute atomic E-state index is 0.169. The quantitative estimate of drug-likeness (QED) is 0.628. The van der Waals surface area contributed by atoms with Crippen LogP contribution in [0.5, 0.6) is 0 Å². The first-order valence-corrected chi connectivity index (χ1v) is 5.04. The Morgan fingerprint density at radius 1 is 1.57 bits per heavy atom. The SMILES string of the molecule is CC(C)(C)OC(=O)C1(CN)CCNC1. The topological polar surface area (TPSA) is 64.3 Å². The molecule has 0 amide bonds. The summed E-state index contributed by atoms with van der Waals surface area (Å²) < 4.78 is 5.36. The van der Waals surface area contributed by atoms with Crippen LogP contribution in [-0.4, -0.2) is 31.2 Å². The second kappa shape index (κ2) is 3.87. The van der Waals surface area contributed by atoms with Crippen LogP contribution in [0.15, 0.2) is 0 Å². The van der Waals surface area contributed by atoms with Crippen LogP contribution >= 0.6 is 0 Å². The fourth-order valence-electron chi connectivity index (χ4n) is 1.56. The highest BCUT2D eigenvalue weighted by atomic mass is 16.6. The molecule has 0 radical (unpaired) electrons. The molecule has 82 valence electrons. The first kappa shape index (κ1) is 11.5. The summed E-state index contributed by atoms with van der Waals surface area (Å²) in [6.45, 7) is 7.45. The summed E-state index contributed by atoms with van der Waals surface area (Å²) in [6, 6.07) is 0. The molecule has 0 aliphatic carbocycles. The maximum Gasteiger partial charge on any atom is 0.315 e. The maximum atomic E-state index is 11.9. The molecule has 4 heteroatoms. The zero-order chi connectivity index (χ0) is 10.8. The van der Waals surface area contributed by atoms with E-state index in [1.165, 1.54) is 0 Å². The molecule has 1 aliphatic heterocycles. The van der Waals surface area contributed by atoms with Gasteiger partial charge in [-0.25, -0.2) is 0 Å². The van der Waals surface area contributed by atoms with Gasteiger partial charge in [0, 0.05) is 13.1 Å². The highest BCUT2D eigenvalue weighted by Gasteiger charge is 2.42. The van der Waals surface area contributed by atoms with E-state index in [1.54, 1.807) is 0 Å². The molecule has 1 fully saturated rings. The predicted molar refractivity (Wildman–Crippen MR) is 54.8 cm³/mol. The Balaban J connectivity index is 2.66. The van der Waals surface area contributed by atoms with Gasteiger partial charge in [-0.1, -0.05) is 0 Å². The second-order valence-corrected chi connectivity index (χ2v) is 4.91. The van der Waals surface area contributed by atoms with E-state index < -0.39 is 11.0 Å². The Hall–Kier alpha value is -0.610. The lowest BCUT2D eigenvalue weighted by atomic mass is 9.87. The van der Waals surface area contributed by atoms with Crippen LogP contribution in [0.25, 0.3) is 0 Å². The van der Waals surface area contributed by atoms with Gasteiger partial charge in [-0.05, 0) is 33.7 Å². The van der Waals surface area contributed by atoms with Gasteiger partial charge in [-0.2, -0.15) is 0 Å².